The number of aromatic carboxylic acids is 1. The van der Waals surface area contributed by atoms with Gasteiger partial charge >= 0.3 is 5.97 Å². The van der Waals surface area contributed by atoms with Crippen LogP contribution < -0.4 is 5.32 Å². The van der Waals surface area contributed by atoms with Gasteiger partial charge in [-0.15, -0.1) is 0 Å². The lowest BCUT2D eigenvalue weighted by molar-refractivity contribution is -0.00423. The van der Waals surface area contributed by atoms with Crippen LogP contribution >= 0.6 is 11.6 Å². The Morgan fingerprint density at radius 2 is 1.83 bits per heavy atom. The molecule has 36 heavy (non-hydrogen) atoms. The summed E-state index contributed by atoms with van der Waals surface area (Å²) in [5.41, 5.74) is 3.91. The first kappa shape index (κ1) is 27.8. The maximum absolute atomic E-state index is 13.8. The molecular weight excluding hydrogens is 481 g/mol. The van der Waals surface area contributed by atoms with Gasteiger partial charge in [-0.05, 0) is 80.1 Å². The maximum atomic E-state index is 13.8. The summed E-state index contributed by atoms with van der Waals surface area (Å²) in [6.07, 6.45) is -0.691. The molecule has 0 fully saturated rings. The average Bonchev–Trinajstić information content (AvgIpc) is 2.83. The smallest absolute Gasteiger partial charge is 0.335 e. The fourth-order valence-electron chi connectivity index (χ4n) is 4.37. The van der Waals surface area contributed by atoms with Crippen molar-refractivity contribution in [1.29, 1.82) is 0 Å². The predicted molar refractivity (Wildman–Crippen MR) is 141 cm³/mol. The standard InChI is InChI=1S/C29H33ClFNO4/c1-18-23(28(34)35)11-12-24(21-8-6-5-7-9-21)27(18)19(2)36-17-22(33)16-32-29(3,4)15-20-10-13-25(30)26(31)14-20/h5-14,19,22,32-33H,15-17H2,1-4H3,(H,34,35)/t19-,22-/m1/s1. The molecule has 3 aromatic rings. The molecule has 0 aliphatic carbocycles. The van der Waals surface area contributed by atoms with E-state index in [9.17, 15) is 19.4 Å². The molecule has 5 nitrogen and oxygen atoms in total. The molecule has 0 amide bonds. The molecule has 0 aromatic heterocycles. The van der Waals surface area contributed by atoms with E-state index in [-0.39, 0.29) is 23.7 Å². The van der Waals surface area contributed by atoms with Crippen LogP contribution in [0.15, 0.2) is 60.7 Å². The van der Waals surface area contributed by atoms with Crippen LogP contribution in [0.2, 0.25) is 5.02 Å². The summed E-state index contributed by atoms with van der Waals surface area (Å²) in [5.74, 6) is -1.45. The van der Waals surface area contributed by atoms with Crippen LogP contribution in [0.4, 0.5) is 4.39 Å². The molecule has 3 N–H and O–H groups in total. The molecule has 3 rings (SSSR count). The summed E-state index contributed by atoms with van der Waals surface area (Å²) in [6, 6.07) is 17.9. The first-order chi connectivity index (χ1) is 17.0. The zero-order valence-corrected chi connectivity index (χ0v) is 21.8. The number of rotatable bonds is 11. The molecule has 0 radical (unpaired) electrons. The first-order valence-corrected chi connectivity index (χ1v) is 12.3. The van der Waals surface area contributed by atoms with Gasteiger partial charge in [-0.25, -0.2) is 9.18 Å². The van der Waals surface area contributed by atoms with Gasteiger partial charge in [-0.1, -0.05) is 54.1 Å². The number of aliphatic hydroxyl groups excluding tert-OH is 1. The summed E-state index contributed by atoms with van der Waals surface area (Å²) < 4.78 is 19.8. The molecular formula is C29H33ClFNO4. The van der Waals surface area contributed by atoms with E-state index in [1.54, 1.807) is 25.1 Å². The summed E-state index contributed by atoms with van der Waals surface area (Å²) in [6.45, 7) is 7.93. The number of carbonyl (C=O) groups is 1. The quantitative estimate of drug-likeness (QED) is 0.284. The van der Waals surface area contributed by atoms with Crippen LogP contribution in [0, 0.1) is 12.7 Å². The molecule has 0 bridgehead atoms. The molecule has 2 atom stereocenters. The van der Waals surface area contributed by atoms with Gasteiger partial charge in [0, 0.05) is 12.1 Å². The molecule has 192 valence electrons. The van der Waals surface area contributed by atoms with Gasteiger partial charge in [0.15, 0.2) is 0 Å². The number of benzene rings is 3. The van der Waals surface area contributed by atoms with Crippen LogP contribution in [0.5, 0.6) is 0 Å². The third-order valence-corrected chi connectivity index (χ3v) is 6.53. The number of nitrogens with one attached hydrogen (secondary N) is 1. The highest BCUT2D eigenvalue weighted by Gasteiger charge is 2.23. The minimum absolute atomic E-state index is 0.0603. The van der Waals surface area contributed by atoms with Crippen molar-refractivity contribution in [2.24, 2.45) is 0 Å². The van der Waals surface area contributed by atoms with Crippen molar-refractivity contribution in [3.05, 3.63) is 93.8 Å². The molecule has 0 aliphatic rings. The number of β-amino-alcohol motifs (C(OH)–C–C–N with tert-alkyl or cyclic N) is 1. The van der Waals surface area contributed by atoms with Crippen molar-refractivity contribution in [3.63, 3.8) is 0 Å². The normalized spacial score (nSPS) is 13.4. The van der Waals surface area contributed by atoms with Crippen molar-refractivity contribution in [2.45, 2.75) is 51.9 Å². The second-order valence-corrected chi connectivity index (χ2v) is 10.1. The predicted octanol–water partition coefficient (Wildman–Crippen LogP) is 6.20. The van der Waals surface area contributed by atoms with E-state index in [1.807, 2.05) is 51.1 Å². The Labute approximate surface area is 216 Å². The van der Waals surface area contributed by atoms with E-state index in [1.165, 1.54) is 12.1 Å². The lowest BCUT2D eigenvalue weighted by Crippen LogP contribution is -2.46. The second kappa shape index (κ2) is 12.0. The number of ether oxygens (including phenoxy) is 1. The van der Waals surface area contributed by atoms with Crippen molar-refractivity contribution in [2.75, 3.05) is 13.2 Å². The van der Waals surface area contributed by atoms with Crippen LogP contribution in [-0.4, -0.2) is 41.0 Å². The highest BCUT2D eigenvalue weighted by atomic mass is 35.5. The topological polar surface area (TPSA) is 78.8 Å². The molecule has 7 heteroatoms. The largest absolute Gasteiger partial charge is 0.478 e. The van der Waals surface area contributed by atoms with Gasteiger partial charge in [0.1, 0.15) is 5.82 Å². The van der Waals surface area contributed by atoms with Crippen LogP contribution in [0.25, 0.3) is 11.1 Å². The van der Waals surface area contributed by atoms with Crippen molar-refractivity contribution in [1.82, 2.24) is 5.32 Å². The van der Waals surface area contributed by atoms with E-state index in [0.717, 1.165) is 22.3 Å². The molecule has 0 unspecified atom stereocenters. The van der Waals surface area contributed by atoms with Gasteiger partial charge in [0.25, 0.3) is 0 Å². The Bertz CT molecular complexity index is 1200. The Kier molecular flexibility index (Phi) is 9.25. The summed E-state index contributed by atoms with van der Waals surface area (Å²) in [7, 11) is 0. The number of hydrogen-bond donors (Lipinski definition) is 3. The van der Waals surface area contributed by atoms with Crippen molar-refractivity contribution in [3.8, 4) is 11.1 Å². The first-order valence-electron chi connectivity index (χ1n) is 11.9. The second-order valence-electron chi connectivity index (χ2n) is 9.69. The van der Waals surface area contributed by atoms with Crippen LogP contribution in [0.3, 0.4) is 0 Å². The number of carboxylic acids is 1. The molecule has 0 saturated heterocycles. The zero-order chi connectivity index (χ0) is 26.5. The minimum atomic E-state index is -0.993. The summed E-state index contributed by atoms with van der Waals surface area (Å²) >= 11 is 5.77. The van der Waals surface area contributed by atoms with Crippen LogP contribution in [0.1, 0.15) is 53.9 Å². The molecule has 0 saturated carbocycles. The Morgan fingerprint density at radius 3 is 2.47 bits per heavy atom. The Morgan fingerprint density at radius 1 is 1.14 bits per heavy atom. The highest BCUT2D eigenvalue weighted by Crippen LogP contribution is 2.34. The third-order valence-electron chi connectivity index (χ3n) is 6.22. The van der Waals surface area contributed by atoms with Gasteiger partial charge in [0.2, 0.25) is 0 Å². The van der Waals surface area contributed by atoms with Gasteiger partial charge < -0.3 is 20.3 Å². The van der Waals surface area contributed by atoms with E-state index >= 15 is 0 Å². The molecule has 0 heterocycles. The monoisotopic (exact) mass is 513 g/mol. The molecule has 0 aliphatic heterocycles. The lowest BCUT2D eigenvalue weighted by atomic mass is 9.90. The minimum Gasteiger partial charge on any atom is -0.478 e. The zero-order valence-electron chi connectivity index (χ0n) is 21.0. The SMILES string of the molecule is Cc1c(C(=O)O)ccc(-c2ccccc2)c1[C@@H](C)OC[C@H](O)CNC(C)(C)Cc1ccc(Cl)c(F)c1. The average molecular weight is 514 g/mol. The molecule has 0 spiro atoms. The Hall–Kier alpha value is -2.77. The number of carboxylic acid groups (broad SMARTS) is 1. The van der Waals surface area contributed by atoms with E-state index in [0.29, 0.717) is 12.0 Å². The fraction of sp³-hybridized carbons (Fsp3) is 0.345. The third kappa shape index (κ3) is 7.14. The van der Waals surface area contributed by atoms with Gasteiger partial charge in [0.05, 0.1) is 29.4 Å². The number of aliphatic hydroxyl groups is 1. The van der Waals surface area contributed by atoms with E-state index in [4.69, 9.17) is 16.3 Å². The highest BCUT2D eigenvalue weighted by molar-refractivity contribution is 6.30. The van der Waals surface area contributed by atoms with Crippen molar-refractivity contribution >= 4 is 17.6 Å². The van der Waals surface area contributed by atoms with E-state index in [2.05, 4.69) is 5.32 Å². The lowest BCUT2D eigenvalue weighted by Gasteiger charge is -2.29. The number of hydrogen-bond acceptors (Lipinski definition) is 4. The van der Waals surface area contributed by atoms with Crippen LogP contribution in [-0.2, 0) is 11.2 Å². The van der Waals surface area contributed by atoms with Crippen molar-refractivity contribution < 1.29 is 24.1 Å². The summed E-state index contributed by atoms with van der Waals surface area (Å²) in [5, 5.41) is 23.6. The Balaban J connectivity index is 1.66. The van der Waals surface area contributed by atoms with E-state index < -0.39 is 29.5 Å². The summed E-state index contributed by atoms with van der Waals surface area (Å²) in [4.78, 5) is 11.7. The number of halogens is 2. The molecule has 3 aromatic carbocycles. The van der Waals surface area contributed by atoms with Gasteiger partial charge in [-0.3, -0.25) is 0 Å². The fourth-order valence-corrected chi connectivity index (χ4v) is 4.49. The maximum Gasteiger partial charge on any atom is 0.335 e. The van der Waals surface area contributed by atoms with Gasteiger partial charge in [-0.2, -0.15) is 0 Å².